The number of aliphatic hydroxyl groups excluding tert-OH is 7. The van der Waals surface area contributed by atoms with E-state index in [2.05, 4.69) is 57.8 Å². The van der Waals surface area contributed by atoms with Crippen molar-refractivity contribution in [3.63, 3.8) is 0 Å². The Bertz CT molecular complexity index is 3270. The number of rotatable bonds is 24. The molecule has 31 heteroatoms. The smallest absolute Gasteiger partial charge is 0.182 e. The zero-order chi connectivity index (χ0) is 57.1. The number of hydrogen-bond donors (Lipinski definition) is 9. The Morgan fingerprint density at radius 3 is 0.900 bits per heavy atom. The molecular formula is C49H44Br3Cl5N8O15. The third-order valence-electron chi connectivity index (χ3n) is 11.6. The maximum Gasteiger partial charge on any atom is 0.182 e. The minimum Gasteiger partial charge on any atom is -0.488 e. The molecule has 3 aromatic heterocycles. The van der Waals surface area contributed by atoms with Crippen molar-refractivity contribution in [2.75, 3.05) is 99.1 Å². The summed E-state index contributed by atoms with van der Waals surface area (Å²) in [5, 5.41) is 69.7. The van der Waals surface area contributed by atoms with Crippen molar-refractivity contribution in [2.24, 2.45) is 0 Å². The summed E-state index contributed by atoms with van der Waals surface area (Å²) >= 11 is 48.0. The fourth-order valence-electron chi connectivity index (χ4n) is 8.56. The molecule has 0 aliphatic carbocycles. The molecule has 0 atom stereocenters. The number of hydrogen-bond acceptors (Lipinski definition) is 21. The Morgan fingerprint density at radius 2 is 0.575 bits per heavy atom. The highest BCUT2D eigenvalue weighted by atomic mass is 79.9. The molecule has 9 N–H and O–H groups in total. The maximum atomic E-state index is 9.97. The summed E-state index contributed by atoms with van der Waals surface area (Å²) in [6.07, 6.45) is 0.559. The molecule has 0 spiro atoms. The minimum absolute atomic E-state index is 0.00353. The molecule has 2 aliphatic heterocycles. The van der Waals surface area contributed by atoms with Crippen LogP contribution in [0, 0.1) is 0 Å². The average Bonchev–Trinajstić information content (AvgIpc) is 4.41. The second kappa shape index (κ2) is 26.2. The Labute approximate surface area is 502 Å². The largest absolute Gasteiger partial charge is 0.488 e. The second-order valence-electron chi connectivity index (χ2n) is 16.6. The van der Waals surface area contributed by atoms with Gasteiger partial charge in [-0.1, -0.05) is 64.9 Å². The van der Waals surface area contributed by atoms with Crippen molar-refractivity contribution < 1.29 is 73.6 Å². The fraction of sp³-hybridized carbons (Fsp3) is 0.347. The average molecular weight is 1400 g/mol. The third kappa shape index (κ3) is 10.9. The van der Waals surface area contributed by atoms with Gasteiger partial charge in [-0.2, -0.15) is 0 Å². The summed E-state index contributed by atoms with van der Waals surface area (Å²) < 4.78 is 48.9. The Balaban J connectivity index is 1.57. The fourth-order valence-corrected chi connectivity index (χ4v) is 12.2. The molecule has 23 nitrogen and oxygen atoms in total. The molecule has 0 saturated heterocycles. The van der Waals surface area contributed by atoms with Gasteiger partial charge in [0, 0.05) is 10.8 Å². The SMILES string of the molecule is CCCOc1c(Cl)c2c(c(Br)c1OCCO)-c1nc-2nc2[nH]c(nc3nc(nc4[nH]c(n1)c1c(Cl)c(OCCO)c(OCCO)c(Br)c41)-c1c(Cl)c(OCCO)c(OCCO)c(Cl)c1-3)c1c(Br)c(OCCO)c(OCCO)c(Cl)c21. The molecule has 9 rings (SSSR count). The van der Waals surface area contributed by atoms with Crippen molar-refractivity contribution in [1.82, 2.24) is 39.9 Å². The number of nitrogens with one attached hydrogen (secondary N) is 2. The maximum absolute atomic E-state index is 9.97. The number of fused-ring (bicyclic) bond motifs is 20. The summed E-state index contributed by atoms with van der Waals surface area (Å²) in [6, 6.07) is 0. The van der Waals surface area contributed by atoms with Crippen LogP contribution in [0.25, 0.3) is 89.7 Å². The highest BCUT2D eigenvalue weighted by Crippen LogP contribution is 2.58. The van der Waals surface area contributed by atoms with Crippen LogP contribution in [0.2, 0.25) is 25.1 Å². The van der Waals surface area contributed by atoms with Crippen LogP contribution in [0.4, 0.5) is 0 Å². The molecule has 7 aromatic rings. The zero-order valence-corrected chi connectivity index (χ0v) is 50.0. The van der Waals surface area contributed by atoms with Gasteiger partial charge in [-0.3, -0.25) is 0 Å². The normalized spacial score (nSPS) is 11.8. The van der Waals surface area contributed by atoms with Gasteiger partial charge in [-0.15, -0.1) is 0 Å². The predicted molar refractivity (Wildman–Crippen MR) is 308 cm³/mol. The first-order valence-electron chi connectivity index (χ1n) is 24.1. The van der Waals surface area contributed by atoms with Crippen LogP contribution in [0.5, 0.6) is 46.0 Å². The van der Waals surface area contributed by atoms with Crippen molar-refractivity contribution >= 4 is 150 Å². The molecule has 0 unspecified atom stereocenters. The molecule has 0 saturated carbocycles. The van der Waals surface area contributed by atoms with Crippen LogP contribution in [0.1, 0.15) is 13.3 Å². The van der Waals surface area contributed by atoms with E-state index in [0.29, 0.717) is 6.42 Å². The standard InChI is InChI=1S/C49H44Br3Cl5N8O15/c1-2-10-73-37-29(53)21-18(26(50)34(37)74-11-3-66)42-58-45-22-19(27(51)35(75-12-4-67)38(30(22)54)77-14-6-69)43(59-45)62-48-24-25(33(57)41(80-17-9-72)40(32(24)56)79-16-8-71)49(65-48)63-44-20-23(47(61-44)64-46(21)60-42)31(55)39(78-15-7-70)36(28(20)52)76-13-5-68/h66-72H,2-17H2,1H3,(H2,58,59,60,61,62,63,64,65). The lowest BCUT2D eigenvalue weighted by Crippen LogP contribution is -2.08. The van der Waals surface area contributed by atoms with Crippen LogP contribution in [0.3, 0.4) is 0 Å². The number of aliphatic hydroxyl groups is 7. The van der Waals surface area contributed by atoms with Gasteiger partial charge in [0.05, 0.1) is 124 Å². The lowest BCUT2D eigenvalue weighted by Gasteiger charge is -2.18. The lowest BCUT2D eigenvalue weighted by molar-refractivity contribution is 0.178. The third-order valence-corrected chi connectivity index (χ3v) is 15.7. The van der Waals surface area contributed by atoms with Gasteiger partial charge in [0.2, 0.25) is 0 Å². The van der Waals surface area contributed by atoms with E-state index >= 15 is 0 Å². The van der Waals surface area contributed by atoms with Gasteiger partial charge >= 0.3 is 0 Å². The molecule has 4 aromatic carbocycles. The number of halogens is 8. The number of nitrogens with zero attached hydrogens (tertiary/aromatic N) is 6. The summed E-state index contributed by atoms with van der Waals surface area (Å²) in [7, 11) is 0. The van der Waals surface area contributed by atoms with Crippen molar-refractivity contribution in [1.29, 1.82) is 0 Å². The Kier molecular flexibility index (Phi) is 19.6. The molecule has 426 valence electrons. The quantitative estimate of drug-likeness (QED) is 0.0273. The van der Waals surface area contributed by atoms with E-state index < -0.39 is 39.6 Å². The van der Waals surface area contributed by atoms with Crippen LogP contribution < -0.4 is 37.9 Å². The monoisotopic (exact) mass is 1400 g/mol. The number of benzene rings is 4. The molecular weight excluding hydrogens is 1360 g/mol. The van der Waals surface area contributed by atoms with E-state index in [1.54, 1.807) is 0 Å². The van der Waals surface area contributed by atoms with Crippen molar-refractivity contribution in [3.8, 4) is 91.5 Å². The zero-order valence-electron chi connectivity index (χ0n) is 41.4. The minimum atomic E-state index is -0.452. The number of aromatic amines is 2. The molecule has 8 bridgehead atoms. The number of H-pyrrole nitrogens is 2. The Hall–Kier alpha value is -4.75. The van der Waals surface area contributed by atoms with Gasteiger partial charge in [-0.05, 0) is 54.2 Å². The van der Waals surface area contributed by atoms with Crippen LogP contribution in [0.15, 0.2) is 13.4 Å². The summed E-state index contributed by atoms with van der Waals surface area (Å²) in [6.45, 7) is -2.57. The van der Waals surface area contributed by atoms with E-state index in [4.69, 9.17) is 126 Å². The first-order chi connectivity index (χ1) is 38.7. The molecule has 80 heavy (non-hydrogen) atoms. The molecule has 0 amide bonds. The van der Waals surface area contributed by atoms with Crippen LogP contribution in [-0.2, 0) is 0 Å². The summed E-state index contributed by atoms with van der Waals surface area (Å²) in [4.78, 5) is 36.9. The first-order valence-corrected chi connectivity index (χ1v) is 28.3. The van der Waals surface area contributed by atoms with E-state index in [-0.39, 0.29) is 234 Å². The molecule has 5 heterocycles. The van der Waals surface area contributed by atoms with Crippen LogP contribution >= 0.6 is 106 Å². The molecule has 0 radical (unpaired) electrons. The van der Waals surface area contributed by atoms with Gasteiger partial charge in [0.25, 0.3) is 0 Å². The first kappa shape index (κ1) is 59.9. The van der Waals surface area contributed by atoms with E-state index in [1.807, 2.05) is 6.92 Å². The van der Waals surface area contributed by atoms with Gasteiger partial charge in [-0.25, -0.2) is 29.9 Å². The lowest BCUT2D eigenvalue weighted by atomic mass is 10.1. The van der Waals surface area contributed by atoms with Crippen molar-refractivity contribution in [2.45, 2.75) is 13.3 Å². The van der Waals surface area contributed by atoms with Gasteiger partial charge in [0.1, 0.15) is 68.8 Å². The highest BCUT2D eigenvalue weighted by Gasteiger charge is 2.37. The van der Waals surface area contributed by atoms with Gasteiger partial charge in [0.15, 0.2) is 69.3 Å². The highest BCUT2D eigenvalue weighted by molar-refractivity contribution is 9.11. The second-order valence-corrected chi connectivity index (χ2v) is 20.9. The van der Waals surface area contributed by atoms with E-state index in [0.717, 1.165) is 0 Å². The summed E-state index contributed by atoms with van der Waals surface area (Å²) in [5.41, 5.74) is 0.405. The Morgan fingerprint density at radius 1 is 0.325 bits per heavy atom. The molecule has 2 aliphatic rings. The van der Waals surface area contributed by atoms with E-state index in [1.165, 1.54) is 0 Å². The molecule has 0 fully saturated rings. The predicted octanol–water partition coefficient (Wildman–Crippen LogP) is 8.81. The van der Waals surface area contributed by atoms with Gasteiger partial charge < -0.3 is 83.6 Å². The van der Waals surface area contributed by atoms with E-state index in [9.17, 15) is 35.7 Å². The topological polar surface area (TPSA) is 324 Å². The van der Waals surface area contributed by atoms with Crippen LogP contribution in [-0.4, -0.2) is 175 Å². The van der Waals surface area contributed by atoms with Crippen molar-refractivity contribution in [3.05, 3.63) is 38.5 Å². The number of ether oxygens (including phenoxy) is 8. The number of aromatic nitrogens is 8. The summed E-state index contributed by atoms with van der Waals surface area (Å²) in [5.74, 6) is -0.674.